The average Bonchev–Trinajstić information content (AvgIpc) is 2.92. The molecule has 0 unspecified atom stereocenters. The second-order valence-corrected chi connectivity index (χ2v) is 4.56. The Kier molecular flexibility index (Phi) is 3.38. The van der Waals surface area contributed by atoms with Gasteiger partial charge >= 0.3 is 0 Å². The predicted molar refractivity (Wildman–Crippen MR) is 60.6 cm³/mol. The van der Waals surface area contributed by atoms with E-state index in [-0.39, 0.29) is 0 Å². The second-order valence-electron chi connectivity index (χ2n) is 4.56. The fourth-order valence-electron chi connectivity index (χ4n) is 1.47. The van der Waals surface area contributed by atoms with Crippen molar-refractivity contribution >= 4 is 0 Å². The summed E-state index contributed by atoms with van der Waals surface area (Å²) in [5.41, 5.74) is 1.15. The Morgan fingerprint density at radius 2 is 2.33 bits per heavy atom. The van der Waals surface area contributed by atoms with E-state index in [4.69, 9.17) is 0 Å². The van der Waals surface area contributed by atoms with Crippen molar-refractivity contribution in [2.45, 2.75) is 32.0 Å². The van der Waals surface area contributed by atoms with E-state index in [9.17, 15) is 0 Å². The molecule has 4 nitrogen and oxygen atoms in total. The van der Waals surface area contributed by atoms with Gasteiger partial charge in [-0.05, 0) is 26.9 Å². The van der Waals surface area contributed by atoms with Crippen LogP contribution in [0.3, 0.4) is 0 Å². The van der Waals surface area contributed by atoms with Crippen LogP contribution in [0.2, 0.25) is 0 Å². The topological polar surface area (TPSA) is 33.1 Å². The molecule has 0 bridgehead atoms. The Morgan fingerprint density at radius 1 is 1.53 bits per heavy atom. The van der Waals surface area contributed by atoms with Gasteiger partial charge in [-0.2, -0.15) is 0 Å². The first-order valence-corrected chi connectivity index (χ1v) is 5.63. The molecule has 0 aliphatic heterocycles. The van der Waals surface area contributed by atoms with Crippen LogP contribution >= 0.6 is 0 Å². The summed E-state index contributed by atoms with van der Waals surface area (Å²) >= 11 is 0. The first-order valence-electron chi connectivity index (χ1n) is 5.63. The lowest BCUT2D eigenvalue weighted by Crippen LogP contribution is -2.18. The molecule has 15 heavy (non-hydrogen) atoms. The summed E-state index contributed by atoms with van der Waals surface area (Å²) in [6.07, 6.45) is 6.73. The van der Waals surface area contributed by atoms with Crippen molar-refractivity contribution in [3.63, 3.8) is 0 Å². The third-order valence-corrected chi connectivity index (χ3v) is 2.64. The summed E-state index contributed by atoms with van der Waals surface area (Å²) < 4.78 is 2.16. The monoisotopic (exact) mass is 208 g/mol. The van der Waals surface area contributed by atoms with Crippen LogP contribution in [0.4, 0.5) is 0 Å². The van der Waals surface area contributed by atoms with Gasteiger partial charge in [0.2, 0.25) is 0 Å². The maximum atomic E-state index is 4.38. The fraction of sp³-hybridized carbons (Fsp3) is 0.727. The molecule has 84 valence electrons. The SMILES string of the molecule is CN(C)CCn1cnc(CNC2CC2)c1. The van der Waals surface area contributed by atoms with Crippen molar-refractivity contribution in [2.75, 3.05) is 20.6 Å². The van der Waals surface area contributed by atoms with Crippen LogP contribution < -0.4 is 5.32 Å². The van der Waals surface area contributed by atoms with E-state index >= 15 is 0 Å². The van der Waals surface area contributed by atoms with Gasteiger partial charge in [0, 0.05) is 31.9 Å². The lowest BCUT2D eigenvalue weighted by atomic mass is 10.4. The minimum Gasteiger partial charge on any atom is -0.336 e. The molecule has 1 saturated carbocycles. The molecule has 1 aromatic rings. The van der Waals surface area contributed by atoms with E-state index in [1.165, 1.54) is 12.8 Å². The van der Waals surface area contributed by atoms with E-state index in [1.54, 1.807) is 0 Å². The first-order chi connectivity index (χ1) is 7.24. The summed E-state index contributed by atoms with van der Waals surface area (Å²) in [5, 5.41) is 3.46. The average molecular weight is 208 g/mol. The van der Waals surface area contributed by atoms with Gasteiger partial charge in [0.1, 0.15) is 0 Å². The molecule has 1 heterocycles. The number of hydrogen-bond donors (Lipinski definition) is 1. The van der Waals surface area contributed by atoms with Crippen molar-refractivity contribution in [3.8, 4) is 0 Å². The van der Waals surface area contributed by atoms with E-state index in [0.717, 1.165) is 31.4 Å². The van der Waals surface area contributed by atoms with Gasteiger partial charge < -0.3 is 14.8 Å². The van der Waals surface area contributed by atoms with Crippen LogP contribution in [0.15, 0.2) is 12.5 Å². The van der Waals surface area contributed by atoms with E-state index in [1.807, 2.05) is 6.33 Å². The van der Waals surface area contributed by atoms with Crippen molar-refractivity contribution < 1.29 is 0 Å². The van der Waals surface area contributed by atoms with Gasteiger partial charge in [0.15, 0.2) is 0 Å². The highest BCUT2D eigenvalue weighted by Gasteiger charge is 2.20. The standard InChI is InChI=1S/C11H20N4/c1-14(2)5-6-15-8-11(13-9-15)7-12-10-3-4-10/h8-10,12H,3-7H2,1-2H3. The zero-order valence-electron chi connectivity index (χ0n) is 9.61. The van der Waals surface area contributed by atoms with Crippen LogP contribution in [-0.4, -0.2) is 41.1 Å². The zero-order chi connectivity index (χ0) is 10.7. The van der Waals surface area contributed by atoms with Crippen LogP contribution in [0.1, 0.15) is 18.5 Å². The van der Waals surface area contributed by atoms with Gasteiger partial charge in [-0.1, -0.05) is 0 Å². The Balaban J connectivity index is 1.75. The molecular formula is C11H20N4. The quantitative estimate of drug-likeness (QED) is 0.747. The smallest absolute Gasteiger partial charge is 0.0950 e. The molecule has 1 aromatic heterocycles. The number of imidazole rings is 1. The highest BCUT2D eigenvalue weighted by atomic mass is 15.1. The number of aromatic nitrogens is 2. The predicted octanol–water partition coefficient (Wildman–Crippen LogP) is 0.697. The van der Waals surface area contributed by atoms with Crippen molar-refractivity contribution in [1.29, 1.82) is 0 Å². The minimum absolute atomic E-state index is 0.761. The number of rotatable bonds is 6. The third kappa shape index (κ3) is 3.64. The second kappa shape index (κ2) is 4.77. The number of nitrogens with one attached hydrogen (secondary N) is 1. The maximum absolute atomic E-state index is 4.38. The van der Waals surface area contributed by atoms with Gasteiger partial charge in [-0.15, -0.1) is 0 Å². The molecule has 4 heteroatoms. The highest BCUT2D eigenvalue weighted by molar-refractivity contribution is 4.97. The van der Waals surface area contributed by atoms with Gasteiger partial charge in [0.25, 0.3) is 0 Å². The van der Waals surface area contributed by atoms with Gasteiger partial charge in [-0.25, -0.2) is 4.98 Å². The molecule has 0 radical (unpaired) electrons. The highest BCUT2D eigenvalue weighted by Crippen LogP contribution is 2.18. The van der Waals surface area contributed by atoms with Crippen molar-refractivity contribution in [2.24, 2.45) is 0 Å². The summed E-state index contributed by atoms with van der Waals surface area (Å²) in [5.74, 6) is 0. The molecule has 0 atom stereocenters. The zero-order valence-corrected chi connectivity index (χ0v) is 9.61. The van der Waals surface area contributed by atoms with E-state index < -0.39 is 0 Å². The largest absolute Gasteiger partial charge is 0.336 e. The Labute approximate surface area is 91.3 Å². The molecule has 0 aromatic carbocycles. The lowest BCUT2D eigenvalue weighted by Gasteiger charge is -2.08. The molecule has 0 spiro atoms. The van der Waals surface area contributed by atoms with Crippen molar-refractivity contribution in [1.82, 2.24) is 19.8 Å². The molecule has 2 rings (SSSR count). The lowest BCUT2D eigenvalue weighted by molar-refractivity contribution is 0.383. The molecule has 1 fully saturated rings. The maximum Gasteiger partial charge on any atom is 0.0950 e. The number of hydrogen-bond acceptors (Lipinski definition) is 3. The summed E-state index contributed by atoms with van der Waals surface area (Å²) in [7, 11) is 4.18. The van der Waals surface area contributed by atoms with Crippen LogP contribution in [0.25, 0.3) is 0 Å². The third-order valence-electron chi connectivity index (χ3n) is 2.64. The Morgan fingerprint density at radius 3 is 3.00 bits per heavy atom. The number of likely N-dealkylation sites (N-methyl/N-ethyl adjacent to an activating group) is 1. The fourth-order valence-corrected chi connectivity index (χ4v) is 1.47. The summed E-state index contributed by atoms with van der Waals surface area (Å²) in [6.45, 7) is 2.99. The normalized spacial score (nSPS) is 16.2. The summed E-state index contributed by atoms with van der Waals surface area (Å²) in [4.78, 5) is 6.56. The molecule has 0 amide bonds. The Bertz CT molecular complexity index is 281. The van der Waals surface area contributed by atoms with Crippen LogP contribution in [-0.2, 0) is 13.1 Å². The van der Waals surface area contributed by atoms with Crippen LogP contribution in [0.5, 0.6) is 0 Å². The van der Waals surface area contributed by atoms with Gasteiger partial charge in [-0.3, -0.25) is 0 Å². The molecule has 1 N–H and O–H groups in total. The molecule has 0 saturated heterocycles. The van der Waals surface area contributed by atoms with Crippen LogP contribution in [0, 0.1) is 0 Å². The molecule has 1 aliphatic carbocycles. The Hall–Kier alpha value is -0.870. The van der Waals surface area contributed by atoms with E-state index in [2.05, 4.69) is 40.1 Å². The van der Waals surface area contributed by atoms with Gasteiger partial charge in [0.05, 0.1) is 12.0 Å². The summed E-state index contributed by atoms with van der Waals surface area (Å²) in [6, 6.07) is 0.761. The number of nitrogens with zero attached hydrogens (tertiary/aromatic N) is 3. The molecular weight excluding hydrogens is 188 g/mol. The first kappa shape index (κ1) is 10.6. The van der Waals surface area contributed by atoms with Crippen molar-refractivity contribution in [3.05, 3.63) is 18.2 Å². The minimum atomic E-state index is 0.761. The molecule has 1 aliphatic rings. The van der Waals surface area contributed by atoms with E-state index in [0.29, 0.717) is 0 Å².